The number of nitrogens with zero attached hydrogens (tertiary/aromatic N) is 3. The van der Waals surface area contributed by atoms with Crippen molar-refractivity contribution in [2.75, 3.05) is 13.1 Å². The van der Waals surface area contributed by atoms with Crippen molar-refractivity contribution in [3.8, 4) is 0 Å². The first-order chi connectivity index (χ1) is 13.0. The van der Waals surface area contributed by atoms with Crippen LogP contribution in [0.3, 0.4) is 0 Å². The standard InChI is InChI=1S/C21H28N4O2/c1-4-16(2)24-20(26)11-13-25(12-10-18-8-6-5-7-9-18)21(27)19-15-22-17(3)14-23-19/h5-9,14-16H,4,10-13H2,1-3H3,(H,24,26)/t16-/m1/s1. The summed E-state index contributed by atoms with van der Waals surface area (Å²) in [4.78, 5) is 35.0. The molecule has 144 valence electrons. The Labute approximate surface area is 161 Å². The highest BCUT2D eigenvalue weighted by molar-refractivity contribution is 5.92. The second-order valence-electron chi connectivity index (χ2n) is 6.70. The number of benzene rings is 1. The predicted octanol–water partition coefficient (Wildman–Crippen LogP) is 2.77. The maximum atomic E-state index is 12.9. The van der Waals surface area contributed by atoms with Crippen LogP contribution in [0.4, 0.5) is 0 Å². The smallest absolute Gasteiger partial charge is 0.274 e. The quantitative estimate of drug-likeness (QED) is 0.738. The molecule has 0 spiro atoms. The highest BCUT2D eigenvalue weighted by atomic mass is 16.2. The van der Waals surface area contributed by atoms with Gasteiger partial charge in [-0.1, -0.05) is 37.3 Å². The lowest BCUT2D eigenvalue weighted by atomic mass is 10.1. The third-order valence-electron chi connectivity index (χ3n) is 4.43. The van der Waals surface area contributed by atoms with E-state index in [0.29, 0.717) is 18.8 Å². The zero-order valence-electron chi connectivity index (χ0n) is 16.3. The number of hydrogen-bond acceptors (Lipinski definition) is 4. The Hall–Kier alpha value is -2.76. The van der Waals surface area contributed by atoms with Gasteiger partial charge in [0, 0.05) is 31.7 Å². The van der Waals surface area contributed by atoms with Crippen molar-refractivity contribution in [1.82, 2.24) is 20.2 Å². The van der Waals surface area contributed by atoms with Gasteiger partial charge in [-0.2, -0.15) is 0 Å². The highest BCUT2D eigenvalue weighted by Crippen LogP contribution is 2.07. The third-order valence-corrected chi connectivity index (χ3v) is 4.43. The highest BCUT2D eigenvalue weighted by Gasteiger charge is 2.19. The number of rotatable bonds is 9. The number of carbonyl (C=O) groups excluding carboxylic acids is 2. The molecule has 1 aromatic carbocycles. The number of aromatic nitrogens is 2. The van der Waals surface area contributed by atoms with Gasteiger partial charge < -0.3 is 10.2 Å². The number of aryl methyl sites for hydroxylation is 1. The average Bonchev–Trinajstić information content (AvgIpc) is 2.68. The first kappa shape index (κ1) is 20.6. The summed E-state index contributed by atoms with van der Waals surface area (Å²) in [7, 11) is 0. The molecule has 1 atom stereocenters. The maximum absolute atomic E-state index is 12.9. The van der Waals surface area contributed by atoms with Crippen molar-refractivity contribution in [3.05, 3.63) is 59.7 Å². The molecular weight excluding hydrogens is 340 g/mol. The largest absolute Gasteiger partial charge is 0.354 e. The van der Waals surface area contributed by atoms with Crippen molar-refractivity contribution in [2.45, 2.75) is 46.1 Å². The molecule has 0 saturated carbocycles. The molecule has 0 bridgehead atoms. The van der Waals surface area contributed by atoms with E-state index in [9.17, 15) is 9.59 Å². The lowest BCUT2D eigenvalue weighted by Crippen LogP contribution is -2.38. The van der Waals surface area contributed by atoms with Crippen LogP contribution in [0, 0.1) is 6.92 Å². The number of hydrogen-bond donors (Lipinski definition) is 1. The van der Waals surface area contributed by atoms with Crippen LogP contribution in [0.2, 0.25) is 0 Å². The van der Waals surface area contributed by atoms with E-state index in [1.54, 1.807) is 11.1 Å². The predicted molar refractivity (Wildman–Crippen MR) is 105 cm³/mol. The monoisotopic (exact) mass is 368 g/mol. The molecule has 1 N–H and O–H groups in total. The Kier molecular flexibility index (Phi) is 7.92. The van der Waals surface area contributed by atoms with Gasteiger partial charge in [-0.15, -0.1) is 0 Å². The van der Waals surface area contributed by atoms with Gasteiger partial charge in [0.05, 0.1) is 11.9 Å². The zero-order chi connectivity index (χ0) is 19.6. The SMILES string of the molecule is CC[C@@H](C)NC(=O)CCN(CCc1ccccc1)C(=O)c1cnc(C)cn1. The van der Waals surface area contributed by atoms with Crippen LogP contribution in [0.5, 0.6) is 0 Å². The Morgan fingerprint density at radius 3 is 2.48 bits per heavy atom. The third kappa shape index (κ3) is 6.81. The van der Waals surface area contributed by atoms with E-state index >= 15 is 0 Å². The van der Waals surface area contributed by atoms with E-state index in [2.05, 4.69) is 15.3 Å². The van der Waals surface area contributed by atoms with E-state index in [1.807, 2.05) is 51.1 Å². The summed E-state index contributed by atoms with van der Waals surface area (Å²) in [6.45, 7) is 6.70. The van der Waals surface area contributed by atoms with Gasteiger partial charge >= 0.3 is 0 Å². The number of nitrogens with one attached hydrogen (secondary N) is 1. The van der Waals surface area contributed by atoms with Crippen LogP contribution in [-0.4, -0.2) is 45.8 Å². The Morgan fingerprint density at radius 1 is 1.11 bits per heavy atom. The van der Waals surface area contributed by atoms with Crippen molar-refractivity contribution in [2.24, 2.45) is 0 Å². The Morgan fingerprint density at radius 2 is 1.85 bits per heavy atom. The molecule has 2 aromatic rings. The van der Waals surface area contributed by atoms with Crippen molar-refractivity contribution >= 4 is 11.8 Å². The summed E-state index contributed by atoms with van der Waals surface area (Å²) < 4.78 is 0. The van der Waals surface area contributed by atoms with Crippen molar-refractivity contribution in [3.63, 3.8) is 0 Å². The van der Waals surface area contributed by atoms with Crippen molar-refractivity contribution in [1.29, 1.82) is 0 Å². The molecule has 1 heterocycles. The molecule has 0 fully saturated rings. The fourth-order valence-corrected chi connectivity index (χ4v) is 2.57. The average molecular weight is 368 g/mol. The topological polar surface area (TPSA) is 75.2 Å². The molecule has 0 aliphatic carbocycles. The van der Waals surface area contributed by atoms with Gasteiger partial charge in [0.25, 0.3) is 5.91 Å². The molecule has 27 heavy (non-hydrogen) atoms. The molecule has 0 radical (unpaired) electrons. The molecule has 0 saturated heterocycles. The molecule has 6 nitrogen and oxygen atoms in total. The summed E-state index contributed by atoms with van der Waals surface area (Å²) in [5, 5.41) is 2.94. The lowest BCUT2D eigenvalue weighted by molar-refractivity contribution is -0.121. The maximum Gasteiger partial charge on any atom is 0.274 e. The first-order valence-corrected chi connectivity index (χ1v) is 9.40. The molecule has 2 rings (SSSR count). The summed E-state index contributed by atoms with van der Waals surface area (Å²) in [6.07, 6.45) is 4.94. The fraction of sp³-hybridized carbons (Fsp3) is 0.429. The second-order valence-corrected chi connectivity index (χ2v) is 6.70. The molecule has 1 aromatic heterocycles. The van der Waals surface area contributed by atoms with Gasteiger partial charge in [0.15, 0.2) is 0 Å². The second kappa shape index (κ2) is 10.4. The minimum atomic E-state index is -0.199. The summed E-state index contributed by atoms with van der Waals surface area (Å²) in [5.74, 6) is -0.244. The van der Waals surface area contributed by atoms with Crippen LogP contribution in [0.1, 0.15) is 48.4 Å². The van der Waals surface area contributed by atoms with E-state index in [1.165, 1.54) is 6.20 Å². The van der Waals surface area contributed by atoms with Gasteiger partial charge in [-0.05, 0) is 32.3 Å². The first-order valence-electron chi connectivity index (χ1n) is 9.40. The minimum absolute atomic E-state index is 0.0446. The van der Waals surface area contributed by atoms with Crippen LogP contribution in [0.25, 0.3) is 0 Å². The molecule has 0 aliphatic rings. The van der Waals surface area contributed by atoms with Gasteiger partial charge in [0.2, 0.25) is 5.91 Å². The van der Waals surface area contributed by atoms with Crippen LogP contribution >= 0.6 is 0 Å². The summed E-state index contributed by atoms with van der Waals surface area (Å²) in [5.41, 5.74) is 2.21. The van der Waals surface area contributed by atoms with Crippen LogP contribution in [0.15, 0.2) is 42.7 Å². The van der Waals surface area contributed by atoms with E-state index in [4.69, 9.17) is 0 Å². The molecule has 6 heteroatoms. The Balaban J connectivity index is 2.03. The zero-order valence-corrected chi connectivity index (χ0v) is 16.3. The van der Waals surface area contributed by atoms with Crippen LogP contribution in [-0.2, 0) is 11.2 Å². The molecule has 0 aliphatic heterocycles. The minimum Gasteiger partial charge on any atom is -0.354 e. The Bertz CT molecular complexity index is 732. The summed E-state index contributed by atoms with van der Waals surface area (Å²) >= 11 is 0. The lowest BCUT2D eigenvalue weighted by Gasteiger charge is -2.22. The molecule has 2 amide bonds. The van der Waals surface area contributed by atoms with Gasteiger partial charge in [-0.3, -0.25) is 14.6 Å². The fourth-order valence-electron chi connectivity index (χ4n) is 2.57. The van der Waals surface area contributed by atoms with E-state index < -0.39 is 0 Å². The molecule has 0 unspecified atom stereocenters. The van der Waals surface area contributed by atoms with E-state index in [-0.39, 0.29) is 24.3 Å². The summed E-state index contributed by atoms with van der Waals surface area (Å²) in [6, 6.07) is 10.1. The van der Waals surface area contributed by atoms with Gasteiger partial charge in [0.1, 0.15) is 5.69 Å². The van der Waals surface area contributed by atoms with Crippen molar-refractivity contribution < 1.29 is 9.59 Å². The number of carbonyl (C=O) groups is 2. The van der Waals surface area contributed by atoms with E-state index in [0.717, 1.165) is 24.1 Å². The van der Waals surface area contributed by atoms with Crippen LogP contribution < -0.4 is 5.32 Å². The van der Waals surface area contributed by atoms with Gasteiger partial charge in [-0.25, -0.2) is 4.98 Å². The normalized spacial score (nSPS) is 11.7. The molecular formula is C21H28N4O2. The number of amides is 2.